The Morgan fingerprint density at radius 3 is 2.86 bits per heavy atom. The normalized spacial score (nSPS) is 17.9. The Kier molecular flexibility index (Phi) is 3.88. The molecule has 6 nitrogen and oxygen atoms in total. The fourth-order valence-electron chi connectivity index (χ4n) is 2.65. The Morgan fingerprint density at radius 1 is 1.38 bits per heavy atom. The van der Waals surface area contributed by atoms with E-state index in [0.29, 0.717) is 0 Å². The molecule has 0 aliphatic carbocycles. The van der Waals surface area contributed by atoms with Crippen LogP contribution in [0.25, 0.3) is 0 Å². The van der Waals surface area contributed by atoms with Crippen LogP contribution in [0.4, 0.5) is 5.95 Å². The van der Waals surface area contributed by atoms with Gasteiger partial charge in [0.15, 0.2) is 0 Å². The smallest absolute Gasteiger partial charge is 0.244 e. The number of aromatic nitrogens is 4. The Hall–Kier alpha value is -1.95. The molecule has 1 aliphatic heterocycles. The molecule has 0 aromatic carbocycles. The molecule has 2 aromatic heterocycles. The molecule has 1 saturated heterocycles. The highest BCUT2D eigenvalue weighted by Crippen LogP contribution is 2.30. The van der Waals surface area contributed by atoms with Gasteiger partial charge in [-0.1, -0.05) is 13.0 Å². The number of piperidine rings is 1. The average Bonchev–Trinajstić information content (AvgIpc) is 2.97. The largest absolute Gasteiger partial charge is 0.340 e. The van der Waals surface area contributed by atoms with Gasteiger partial charge >= 0.3 is 0 Å². The van der Waals surface area contributed by atoms with Crippen molar-refractivity contribution in [2.75, 3.05) is 24.5 Å². The van der Waals surface area contributed by atoms with E-state index in [-0.39, 0.29) is 5.41 Å². The first-order valence-electron chi connectivity index (χ1n) is 7.44. The first-order valence-corrected chi connectivity index (χ1v) is 7.44. The first-order chi connectivity index (χ1) is 10.2. The molecule has 1 aliphatic rings. The van der Waals surface area contributed by atoms with Crippen LogP contribution < -0.4 is 10.6 Å². The van der Waals surface area contributed by atoms with E-state index in [0.717, 1.165) is 56.2 Å². The van der Waals surface area contributed by atoms with Crippen LogP contribution in [0.15, 0.2) is 24.5 Å². The molecule has 112 valence electrons. The standard InChI is InChI=1S/C15H22N6/c1-15(11-16)4-7-21(8-5-15)14-18-13(19-20-14)9-12-3-2-6-17-10-12/h2-3,6,10H,4-5,7-9,11,16H2,1H3,(H,18,19,20). The molecule has 0 radical (unpaired) electrons. The predicted octanol–water partition coefficient (Wildman–Crippen LogP) is 1.36. The zero-order valence-electron chi connectivity index (χ0n) is 12.4. The van der Waals surface area contributed by atoms with Gasteiger partial charge in [0, 0.05) is 31.9 Å². The summed E-state index contributed by atoms with van der Waals surface area (Å²) in [6.45, 7) is 4.95. The molecule has 0 atom stereocenters. The topological polar surface area (TPSA) is 83.7 Å². The lowest BCUT2D eigenvalue weighted by molar-refractivity contribution is 0.257. The van der Waals surface area contributed by atoms with Crippen molar-refractivity contribution < 1.29 is 0 Å². The van der Waals surface area contributed by atoms with Gasteiger partial charge in [-0.15, -0.1) is 5.10 Å². The van der Waals surface area contributed by atoms with Crippen molar-refractivity contribution in [3.63, 3.8) is 0 Å². The van der Waals surface area contributed by atoms with Crippen molar-refractivity contribution >= 4 is 5.95 Å². The van der Waals surface area contributed by atoms with E-state index in [2.05, 4.69) is 32.0 Å². The molecule has 0 amide bonds. The van der Waals surface area contributed by atoms with Gasteiger partial charge in [-0.25, -0.2) is 0 Å². The summed E-state index contributed by atoms with van der Waals surface area (Å²) >= 11 is 0. The van der Waals surface area contributed by atoms with E-state index < -0.39 is 0 Å². The molecule has 0 bridgehead atoms. The summed E-state index contributed by atoms with van der Waals surface area (Å²) in [5.74, 6) is 1.68. The van der Waals surface area contributed by atoms with Crippen molar-refractivity contribution in [1.82, 2.24) is 20.2 Å². The quantitative estimate of drug-likeness (QED) is 0.886. The van der Waals surface area contributed by atoms with Crippen LogP contribution in [-0.4, -0.2) is 39.8 Å². The van der Waals surface area contributed by atoms with Crippen LogP contribution in [0, 0.1) is 5.41 Å². The highest BCUT2D eigenvalue weighted by atomic mass is 15.4. The highest BCUT2D eigenvalue weighted by Gasteiger charge is 2.29. The number of pyridine rings is 1. The maximum absolute atomic E-state index is 5.85. The third-order valence-corrected chi connectivity index (χ3v) is 4.36. The lowest BCUT2D eigenvalue weighted by atomic mass is 9.81. The molecular weight excluding hydrogens is 264 g/mol. The van der Waals surface area contributed by atoms with E-state index in [1.165, 1.54) is 0 Å². The van der Waals surface area contributed by atoms with Crippen LogP contribution >= 0.6 is 0 Å². The molecule has 6 heteroatoms. The summed E-state index contributed by atoms with van der Waals surface area (Å²) in [6, 6.07) is 3.98. The molecule has 0 unspecified atom stereocenters. The number of H-pyrrole nitrogens is 1. The maximum atomic E-state index is 5.85. The summed E-state index contributed by atoms with van der Waals surface area (Å²) in [5.41, 5.74) is 7.25. The number of hydrogen-bond acceptors (Lipinski definition) is 5. The third kappa shape index (κ3) is 3.21. The number of aromatic amines is 1. The molecule has 3 rings (SSSR count). The molecule has 0 saturated carbocycles. The summed E-state index contributed by atoms with van der Waals surface area (Å²) in [5, 5.41) is 7.38. The van der Waals surface area contributed by atoms with E-state index in [9.17, 15) is 0 Å². The second-order valence-corrected chi connectivity index (χ2v) is 6.12. The van der Waals surface area contributed by atoms with Crippen molar-refractivity contribution in [2.24, 2.45) is 11.1 Å². The van der Waals surface area contributed by atoms with Gasteiger partial charge in [0.2, 0.25) is 5.95 Å². The van der Waals surface area contributed by atoms with Gasteiger partial charge in [-0.2, -0.15) is 4.98 Å². The molecule has 3 N–H and O–H groups in total. The van der Waals surface area contributed by atoms with E-state index in [1.54, 1.807) is 6.20 Å². The fraction of sp³-hybridized carbons (Fsp3) is 0.533. The fourth-order valence-corrected chi connectivity index (χ4v) is 2.65. The Labute approximate surface area is 124 Å². The van der Waals surface area contributed by atoms with E-state index >= 15 is 0 Å². The van der Waals surface area contributed by atoms with Crippen molar-refractivity contribution in [1.29, 1.82) is 0 Å². The second-order valence-electron chi connectivity index (χ2n) is 6.12. The minimum absolute atomic E-state index is 0.269. The highest BCUT2D eigenvalue weighted by molar-refractivity contribution is 5.30. The van der Waals surface area contributed by atoms with Gasteiger partial charge in [0.1, 0.15) is 5.82 Å². The van der Waals surface area contributed by atoms with Crippen LogP contribution in [0.5, 0.6) is 0 Å². The molecular formula is C15H22N6. The lowest BCUT2D eigenvalue weighted by Gasteiger charge is -2.38. The zero-order valence-corrected chi connectivity index (χ0v) is 12.4. The number of rotatable bonds is 4. The molecule has 3 heterocycles. The van der Waals surface area contributed by atoms with Gasteiger partial charge in [0.05, 0.1) is 0 Å². The molecule has 2 aromatic rings. The Bertz CT molecular complexity index is 571. The van der Waals surface area contributed by atoms with E-state index in [1.807, 2.05) is 18.3 Å². The average molecular weight is 286 g/mol. The minimum atomic E-state index is 0.269. The van der Waals surface area contributed by atoms with Crippen LogP contribution in [0.1, 0.15) is 31.2 Å². The van der Waals surface area contributed by atoms with Gasteiger partial charge < -0.3 is 10.6 Å². The summed E-state index contributed by atoms with van der Waals surface area (Å²) in [7, 11) is 0. The number of anilines is 1. The molecule has 0 spiro atoms. The summed E-state index contributed by atoms with van der Waals surface area (Å²) < 4.78 is 0. The lowest BCUT2D eigenvalue weighted by Crippen LogP contribution is -2.42. The summed E-state index contributed by atoms with van der Waals surface area (Å²) in [4.78, 5) is 11.0. The number of hydrogen-bond donors (Lipinski definition) is 2. The monoisotopic (exact) mass is 286 g/mol. The van der Waals surface area contributed by atoms with Crippen molar-refractivity contribution in [2.45, 2.75) is 26.2 Å². The first kappa shape index (κ1) is 14.0. The predicted molar refractivity (Wildman–Crippen MR) is 82.0 cm³/mol. The third-order valence-electron chi connectivity index (χ3n) is 4.36. The Morgan fingerprint density at radius 2 is 2.19 bits per heavy atom. The number of nitrogens with zero attached hydrogens (tertiary/aromatic N) is 4. The van der Waals surface area contributed by atoms with Gasteiger partial charge in [0.25, 0.3) is 0 Å². The van der Waals surface area contributed by atoms with Crippen LogP contribution in [-0.2, 0) is 6.42 Å². The van der Waals surface area contributed by atoms with Crippen molar-refractivity contribution in [3.05, 3.63) is 35.9 Å². The number of nitrogens with one attached hydrogen (secondary N) is 1. The minimum Gasteiger partial charge on any atom is -0.340 e. The zero-order chi connectivity index (χ0) is 14.7. The van der Waals surface area contributed by atoms with Crippen LogP contribution in [0.2, 0.25) is 0 Å². The molecule has 1 fully saturated rings. The van der Waals surface area contributed by atoms with E-state index in [4.69, 9.17) is 5.73 Å². The number of nitrogens with two attached hydrogens (primary N) is 1. The van der Waals surface area contributed by atoms with Gasteiger partial charge in [-0.05, 0) is 36.4 Å². The molecule has 21 heavy (non-hydrogen) atoms. The van der Waals surface area contributed by atoms with Crippen molar-refractivity contribution in [3.8, 4) is 0 Å². The summed E-state index contributed by atoms with van der Waals surface area (Å²) in [6.07, 6.45) is 6.55. The Balaban J connectivity index is 1.63. The van der Waals surface area contributed by atoms with Gasteiger partial charge in [-0.3, -0.25) is 10.1 Å². The maximum Gasteiger partial charge on any atom is 0.244 e. The second kappa shape index (κ2) is 5.81. The SMILES string of the molecule is CC1(CN)CCN(c2n[nH]c(Cc3cccnc3)n2)CC1. The van der Waals surface area contributed by atoms with Crippen LogP contribution in [0.3, 0.4) is 0 Å².